The van der Waals surface area contributed by atoms with Gasteiger partial charge in [0, 0.05) is 25.3 Å². The van der Waals surface area contributed by atoms with Crippen LogP contribution >= 0.6 is 0 Å². The number of amides is 1. The molecule has 0 bridgehead atoms. The summed E-state index contributed by atoms with van der Waals surface area (Å²) < 4.78 is 42.2. The zero-order chi connectivity index (χ0) is 24.2. The van der Waals surface area contributed by atoms with E-state index >= 15 is 0 Å². The van der Waals surface area contributed by atoms with Crippen LogP contribution in [-0.2, 0) is 16.8 Å². The number of anilines is 2. The molecule has 3 aromatic carbocycles. The second-order valence-electron chi connectivity index (χ2n) is 8.18. The van der Waals surface area contributed by atoms with Crippen LogP contribution in [-0.4, -0.2) is 32.7 Å². The van der Waals surface area contributed by atoms with E-state index < -0.39 is 16.0 Å². The number of benzene rings is 3. The first kappa shape index (κ1) is 24.4. The molecule has 1 N–H and O–H groups in total. The van der Waals surface area contributed by atoms with Gasteiger partial charge in [0.25, 0.3) is 5.91 Å². The second-order valence-corrected chi connectivity index (χ2v) is 10.2. The van der Waals surface area contributed by atoms with Gasteiger partial charge >= 0.3 is 10.2 Å². The van der Waals surface area contributed by atoms with E-state index in [9.17, 15) is 17.6 Å². The summed E-state index contributed by atoms with van der Waals surface area (Å²) in [5.41, 5.74) is 2.87. The summed E-state index contributed by atoms with van der Waals surface area (Å²) in [6.45, 7) is 4.12. The lowest BCUT2D eigenvalue weighted by atomic mass is 10.0. The van der Waals surface area contributed by atoms with Gasteiger partial charge in [-0.3, -0.25) is 9.10 Å². The van der Waals surface area contributed by atoms with E-state index in [1.807, 2.05) is 24.3 Å². The van der Waals surface area contributed by atoms with Crippen LogP contribution in [0.25, 0.3) is 0 Å². The summed E-state index contributed by atoms with van der Waals surface area (Å²) >= 11 is 0. The molecule has 0 aliphatic heterocycles. The molecule has 33 heavy (non-hydrogen) atoms. The highest BCUT2D eigenvalue weighted by atomic mass is 32.2. The Labute approximate surface area is 194 Å². The lowest BCUT2D eigenvalue weighted by Crippen LogP contribution is -2.40. The van der Waals surface area contributed by atoms with Crippen molar-refractivity contribution in [3.63, 3.8) is 0 Å². The van der Waals surface area contributed by atoms with Crippen LogP contribution in [0, 0.1) is 5.82 Å². The van der Waals surface area contributed by atoms with Crippen molar-refractivity contribution in [2.45, 2.75) is 26.3 Å². The van der Waals surface area contributed by atoms with Crippen molar-refractivity contribution in [3.05, 3.63) is 95.3 Å². The van der Waals surface area contributed by atoms with Gasteiger partial charge in [-0.15, -0.1) is 0 Å². The van der Waals surface area contributed by atoms with Gasteiger partial charge < -0.3 is 5.32 Å². The molecule has 0 atom stereocenters. The second kappa shape index (κ2) is 10.1. The molecule has 0 radical (unpaired) electrons. The Morgan fingerprint density at radius 3 is 2.09 bits per heavy atom. The average molecular weight is 470 g/mol. The Morgan fingerprint density at radius 2 is 1.55 bits per heavy atom. The molecule has 0 aromatic heterocycles. The predicted octanol–water partition coefficient (Wildman–Crippen LogP) is 5.01. The summed E-state index contributed by atoms with van der Waals surface area (Å²) in [5, 5.41) is 2.86. The highest BCUT2D eigenvalue weighted by molar-refractivity contribution is 7.90. The van der Waals surface area contributed by atoms with E-state index in [0.29, 0.717) is 22.7 Å². The highest BCUT2D eigenvalue weighted by Gasteiger charge is 2.27. The van der Waals surface area contributed by atoms with Gasteiger partial charge in [-0.2, -0.15) is 12.7 Å². The number of hydrogen-bond acceptors (Lipinski definition) is 3. The molecule has 0 spiro atoms. The molecule has 0 unspecified atom stereocenters. The predicted molar refractivity (Wildman–Crippen MR) is 130 cm³/mol. The number of nitrogens with one attached hydrogen (secondary N) is 1. The summed E-state index contributed by atoms with van der Waals surface area (Å²) in [6.07, 6.45) is 0. The van der Waals surface area contributed by atoms with Crippen molar-refractivity contribution in [1.29, 1.82) is 0 Å². The van der Waals surface area contributed by atoms with Crippen molar-refractivity contribution in [3.8, 4) is 0 Å². The Morgan fingerprint density at radius 1 is 0.939 bits per heavy atom. The standard InChI is InChI=1S/C25H28FN3O3S/c1-18(2)20-13-15-22(16-14-20)27-25(30)21-11-9-19(10-12-21)17-29(33(31,32)28(3)4)24-8-6-5-7-23(24)26/h5-16,18H,17H2,1-4H3,(H,27,30). The molecule has 0 aliphatic carbocycles. The zero-order valence-electron chi connectivity index (χ0n) is 19.1. The molecule has 3 aromatic rings. The fraction of sp³-hybridized carbons (Fsp3) is 0.240. The third-order valence-electron chi connectivity index (χ3n) is 5.24. The number of carbonyl (C=O) groups is 1. The molecule has 0 saturated carbocycles. The quantitative estimate of drug-likeness (QED) is 0.504. The molecular formula is C25H28FN3O3S. The first-order valence-corrected chi connectivity index (χ1v) is 11.9. The third-order valence-corrected chi connectivity index (χ3v) is 7.04. The first-order chi connectivity index (χ1) is 15.6. The van der Waals surface area contributed by atoms with Crippen LogP contribution in [0.3, 0.4) is 0 Å². The van der Waals surface area contributed by atoms with Crippen molar-refractivity contribution in [2.75, 3.05) is 23.7 Å². The molecule has 0 aliphatic rings. The Kier molecular flexibility index (Phi) is 7.50. The maximum atomic E-state index is 14.4. The van der Waals surface area contributed by atoms with Gasteiger partial charge in [0.05, 0.1) is 12.2 Å². The van der Waals surface area contributed by atoms with Crippen molar-refractivity contribution in [2.24, 2.45) is 0 Å². The number of para-hydroxylation sites is 1. The lowest BCUT2D eigenvalue weighted by molar-refractivity contribution is 0.102. The number of carbonyl (C=O) groups excluding carboxylic acids is 1. The SMILES string of the molecule is CC(C)c1ccc(NC(=O)c2ccc(CN(c3ccccc3F)S(=O)(=O)N(C)C)cc2)cc1. The summed E-state index contributed by atoms with van der Waals surface area (Å²) in [6, 6.07) is 20.0. The summed E-state index contributed by atoms with van der Waals surface area (Å²) in [7, 11) is -1.16. The highest BCUT2D eigenvalue weighted by Crippen LogP contribution is 2.25. The number of nitrogens with zero attached hydrogens (tertiary/aromatic N) is 2. The molecule has 6 nitrogen and oxygen atoms in total. The lowest BCUT2D eigenvalue weighted by Gasteiger charge is -2.27. The van der Waals surface area contributed by atoms with Gasteiger partial charge in [-0.1, -0.05) is 50.2 Å². The van der Waals surface area contributed by atoms with E-state index in [2.05, 4.69) is 19.2 Å². The maximum Gasteiger partial charge on any atom is 0.303 e. The zero-order valence-corrected chi connectivity index (χ0v) is 19.9. The number of rotatable bonds is 8. The van der Waals surface area contributed by atoms with Gasteiger partial charge in [-0.25, -0.2) is 4.39 Å². The van der Waals surface area contributed by atoms with Crippen molar-refractivity contribution in [1.82, 2.24) is 4.31 Å². The van der Waals surface area contributed by atoms with Crippen LogP contribution in [0.4, 0.5) is 15.8 Å². The van der Waals surface area contributed by atoms with Gasteiger partial charge in [0.2, 0.25) is 0 Å². The Hall–Kier alpha value is -3.23. The van der Waals surface area contributed by atoms with Crippen LogP contribution in [0.5, 0.6) is 0 Å². The van der Waals surface area contributed by atoms with E-state index in [-0.39, 0.29) is 18.1 Å². The largest absolute Gasteiger partial charge is 0.322 e. The molecule has 0 heterocycles. The van der Waals surface area contributed by atoms with Crippen LogP contribution in [0.2, 0.25) is 0 Å². The van der Waals surface area contributed by atoms with Gasteiger partial charge in [0.1, 0.15) is 5.82 Å². The molecule has 0 saturated heterocycles. The van der Waals surface area contributed by atoms with Gasteiger partial charge in [-0.05, 0) is 53.4 Å². The third kappa shape index (κ3) is 5.77. The minimum absolute atomic E-state index is 0.0436. The Balaban J connectivity index is 1.78. The summed E-state index contributed by atoms with van der Waals surface area (Å²) in [5.74, 6) is -0.504. The molecule has 0 fully saturated rings. The summed E-state index contributed by atoms with van der Waals surface area (Å²) in [4.78, 5) is 12.6. The van der Waals surface area contributed by atoms with E-state index in [4.69, 9.17) is 0 Å². The van der Waals surface area contributed by atoms with E-state index in [0.717, 1.165) is 8.61 Å². The van der Waals surface area contributed by atoms with Crippen molar-refractivity contribution < 1.29 is 17.6 Å². The van der Waals surface area contributed by atoms with E-state index in [1.165, 1.54) is 37.9 Å². The van der Waals surface area contributed by atoms with Crippen LogP contribution in [0.1, 0.15) is 41.3 Å². The molecular weight excluding hydrogens is 441 g/mol. The normalized spacial score (nSPS) is 11.6. The topological polar surface area (TPSA) is 69.7 Å². The monoisotopic (exact) mass is 469 g/mol. The molecule has 3 rings (SSSR count). The minimum Gasteiger partial charge on any atom is -0.322 e. The number of hydrogen-bond donors (Lipinski definition) is 1. The van der Waals surface area contributed by atoms with Gasteiger partial charge in [0.15, 0.2) is 0 Å². The van der Waals surface area contributed by atoms with Crippen LogP contribution in [0.15, 0.2) is 72.8 Å². The molecule has 8 heteroatoms. The number of halogens is 1. The molecule has 174 valence electrons. The fourth-order valence-corrected chi connectivity index (χ4v) is 4.33. The maximum absolute atomic E-state index is 14.4. The van der Waals surface area contributed by atoms with E-state index in [1.54, 1.807) is 30.3 Å². The minimum atomic E-state index is -3.94. The first-order valence-electron chi connectivity index (χ1n) is 10.5. The van der Waals surface area contributed by atoms with Crippen LogP contribution < -0.4 is 9.62 Å². The molecule has 1 amide bonds. The smallest absolute Gasteiger partial charge is 0.303 e. The average Bonchev–Trinajstić information content (AvgIpc) is 2.78. The fourth-order valence-electron chi connectivity index (χ4n) is 3.22. The Bertz CT molecular complexity index is 1210. The van der Waals surface area contributed by atoms with Crippen molar-refractivity contribution >= 4 is 27.5 Å².